The first-order valence-corrected chi connectivity index (χ1v) is 6.08. The van der Waals surface area contributed by atoms with Crippen LogP contribution in [0.1, 0.15) is 46.0 Å². The van der Waals surface area contributed by atoms with E-state index in [0.29, 0.717) is 0 Å². The molecule has 0 fully saturated rings. The van der Waals surface area contributed by atoms with E-state index in [1.807, 2.05) is 0 Å². The van der Waals surface area contributed by atoms with Crippen LogP contribution >= 0.6 is 8.58 Å². The summed E-state index contributed by atoms with van der Waals surface area (Å²) in [5.41, 5.74) is 0. The predicted octanol–water partition coefficient (Wildman–Crippen LogP) is 4.17. The van der Waals surface area contributed by atoms with E-state index in [4.69, 9.17) is 0 Å². The molecular formula is C10H21P. The highest BCUT2D eigenvalue weighted by Crippen LogP contribution is 2.15. The van der Waals surface area contributed by atoms with Crippen LogP contribution in [0.3, 0.4) is 0 Å². The zero-order valence-electron chi connectivity index (χ0n) is 7.90. The van der Waals surface area contributed by atoms with Gasteiger partial charge in [0.15, 0.2) is 0 Å². The summed E-state index contributed by atoms with van der Waals surface area (Å²) >= 11 is 0. The lowest BCUT2D eigenvalue weighted by atomic mass is 10.2. The number of allylic oxidation sites excluding steroid dienone is 1. The first-order chi connectivity index (χ1) is 5.41. The van der Waals surface area contributed by atoms with Crippen LogP contribution < -0.4 is 0 Å². The van der Waals surface area contributed by atoms with Crippen molar-refractivity contribution in [3.05, 3.63) is 11.9 Å². The maximum Gasteiger partial charge on any atom is -0.0319 e. The van der Waals surface area contributed by atoms with E-state index in [-0.39, 0.29) is 0 Å². The molecule has 0 amide bonds. The third-order valence-corrected chi connectivity index (χ3v) is 2.76. The minimum Gasteiger partial charge on any atom is -0.0987 e. The van der Waals surface area contributed by atoms with Gasteiger partial charge in [0.1, 0.15) is 0 Å². The van der Waals surface area contributed by atoms with Crippen LogP contribution in [0.4, 0.5) is 0 Å². The maximum atomic E-state index is 2.34. The van der Waals surface area contributed by atoms with Gasteiger partial charge in [0.05, 0.1) is 0 Å². The maximum absolute atomic E-state index is 2.34. The van der Waals surface area contributed by atoms with Crippen LogP contribution in [0.2, 0.25) is 0 Å². The summed E-state index contributed by atoms with van der Waals surface area (Å²) in [6, 6.07) is 0. The normalized spacial score (nSPS) is 12.2. The summed E-state index contributed by atoms with van der Waals surface area (Å²) in [5.74, 6) is 2.34. The standard InChI is InChI=1S/C10H21P/c1-3-5-7-8-10-11-9-6-4-2/h6,9,11H,3-5,7-8,10H2,1-2H3/b9-6+. The summed E-state index contributed by atoms with van der Waals surface area (Å²) in [6.07, 6.45) is 10.5. The average Bonchev–Trinajstić information content (AvgIpc) is 2.03. The van der Waals surface area contributed by atoms with Gasteiger partial charge in [-0.05, 0) is 19.0 Å². The fourth-order valence-corrected chi connectivity index (χ4v) is 1.96. The second-order valence-corrected chi connectivity index (χ2v) is 4.07. The van der Waals surface area contributed by atoms with Crippen molar-refractivity contribution >= 4 is 8.58 Å². The lowest BCUT2D eigenvalue weighted by Gasteiger charge is -1.95. The quantitative estimate of drug-likeness (QED) is 0.399. The zero-order valence-corrected chi connectivity index (χ0v) is 8.90. The monoisotopic (exact) mass is 172 g/mol. The zero-order chi connectivity index (χ0) is 8.36. The van der Waals surface area contributed by atoms with Gasteiger partial charge >= 0.3 is 0 Å². The van der Waals surface area contributed by atoms with Crippen molar-refractivity contribution in [3.8, 4) is 0 Å². The number of rotatable bonds is 7. The number of hydrogen-bond acceptors (Lipinski definition) is 0. The van der Waals surface area contributed by atoms with E-state index in [1.54, 1.807) is 0 Å². The topological polar surface area (TPSA) is 0 Å². The molecule has 0 spiro atoms. The highest BCUT2D eigenvalue weighted by molar-refractivity contribution is 7.41. The SMILES string of the molecule is CC/C=C/PCCCCCC. The molecule has 0 aliphatic rings. The highest BCUT2D eigenvalue weighted by Gasteiger charge is 1.85. The number of unbranched alkanes of at least 4 members (excludes halogenated alkanes) is 3. The Labute approximate surface area is 73.2 Å². The van der Waals surface area contributed by atoms with Gasteiger partial charge in [-0.2, -0.15) is 0 Å². The smallest absolute Gasteiger partial charge is 0.0319 e. The van der Waals surface area contributed by atoms with Crippen LogP contribution in [-0.2, 0) is 0 Å². The molecule has 0 aliphatic heterocycles. The van der Waals surface area contributed by atoms with Crippen LogP contribution in [0.5, 0.6) is 0 Å². The minimum absolute atomic E-state index is 1.07. The molecule has 1 unspecified atom stereocenters. The van der Waals surface area contributed by atoms with E-state index in [2.05, 4.69) is 25.7 Å². The third kappa shape index (κ3) is 10.2. The van der Waals surface area contributed by atoms with Crippen molar-refractivity contribution in [2.24, 2.45) is 0 Å². The van der Waals surface area contributed by atoms with Gasteiger partial charge in [0.25, 0.3) is 0 Å². The minimum atomic E-state index is 1.07. The lowest BCUT2D eigenvalue weighted by molar-refractivity contribution is 0.706. The van der Waals surface area contributed by atoms with Crippen molar-refractivity contribution in [2.75, 3.05) is 6.16 Å². The molecule has 1 atom stereocenters. The van der Waals surface area contributed by atoms with E-state index in [0.717, 1.165) is 8.58 Å². The van der Waals surface area contributed by atoms with Gasteiger partial charge in [-0.1, -0.05) is 53.6 Å². The van der Waals surface area contributed by atoms with Gasteiger partial charge in [-0.3, -0.25) is 0 Å². The molecular weight excluding hydrogens is 151 g/mol. The summed E-state index contributed by atoms with van der Waals surface area (Å²) in [6.45, 7) is 4.46. The summed E-state index contributed by atoms with van der Waals surface area (Å²) in [7, 11) is 1.07. The first kappa shape index (κ1) is 11.2. The Hall–Kier alpha value is 0.170. The van der Waals surface area contributed by atoms with Crippen molar-refractivity contribution in [1.29, 1.82) is 0 Å². The fourth-order valence-electron chi connectivity index (χ4n) is 0.938. The first-order valence-electron chi connectivity index (χ1n) is 4.80. The van der Waals surface area contributed by atoms with Gasteiger partial charge in [0.2, 0.25) is 0 Å². The Morgan fingerprint density at radius 2 is 1.91 bits per heavy atom. The van der Waals surface area contributed by atoms with Gasteiger partial charge < -0.3 is 0 Å². The highest BCUT2D eigenvalue weighted by atomic mass is 31.1. The molecule has 0 aliphatic carbocycles. The van der Waals surface area contributed by atoms with Crippen molar-refractivity contribution in [1.82, 2.24) is 0 Å². The van der Waals surface area contributed by atoms with Crippen molar-refractivity contribution in [3.63, 3.8) is 0 Å². The molecule has 0 heterocycles. The molecule has 11 heavy (non-hydrogen) atoms. The van der Waals surface area contributed by atoms with E-state index >= 15 is 0 Å². The molecule has 0 nitrogen and oxygen atoms in total. The lowest BCUT2D eigenvalue weighted by Crippen LogP contribution is -1.76. The molecule has 0 bridgehead atoms. The molecule has 0 aromatic rings. The van der Waals surface area contributed by atoms with E-state index in [9.17, 15) is 0 Å². The molecule has 1 heteroatoms. The van der Waals surface area contributed by atoms with E-state index < -0.39 is 0 Å². The molecule has 0 saturated heterocycles. The molecule has 0 N–H and O–H groups in total. The van der Waals surface area contributed by atoms with Crippen LogP contribution in [0, 0.1) is 0 Å². The second-order valence-electron chi connectivity index (χ2n) is 2.83. The molecule has 66 valence electrons. The Morgan fingerprint density at radius 3 is 2.55 bits per heavy atom. The summed E-state index contributed by atoms with van der Waals surface area (Å²) in [4.78, 5) is 0. The van der Waals surface area contributed by atoms with Crippen LogP contribution in [0.15, 0.2) is 11.9 Å². The Balaban J connectivity index is 2.85. The number of hydrogen-bond donors (Lipinski definition) is 0. The van der Waals surface area contributed by atoms with Crippen LogP contribution in [-0.4, -0.2) is 6.16 Å². The predicted molar refractivity (Wildman–Crippen MR) is 56.8 cm³/mol. The Morgan fingerprint density at radius 1 is 1.09 bits per heavy atom. The Bertz CT molecular complexity index is 86.9. The molecule has 0 aromatic heterocycles. The van der Waals surface area contributed by atoms with E-state index in [1.165, 1.54) is 38.3 Å². The molecule has 0 saturated carbocycles. The summed E-state index contributed by atoms with van der Waals surface area (Å²) < 4.78 is 0. The van der Waals surface area contributed by atoms with Gasteiger partial charge in [-0.15, -0.1) is 0 Å². The molecule has 0 rings (SSSR count). The van der Waals surface area contributed by atoms with Gasteiger partial charge in [0, 0.05) is 0 Å². The fraction of sp³-hybridized carbons (Fsp3) is 0.800. The van der Waals surface area contributed by atoms with Crippen molar-refractivity contribution < 1.29 is 0 Å². The van der Waals surface area contributed by atoms with Crippen LogP contribution in [0.25, 0.3) is 0 Å². The second kappa shape index (κ2) is 10.2. The third-order valence-electron chi connectivity index (χ3n) is 1.65. The average molecular weight is 172 g/mol. The van der Waals surface area contributed by atoms with Crippen molar-refractivity contribution in [2.45, 2.75) is 46.0 Å². The largest absolute Gasteiger partial charge is 0.0987 e. The molecule has 0 aromatic carbocycles. The molecule has 0 radical (unpaired) electrons. The van der Waals surface area contributed by atoms with Gasteiger partial charge in [-0.25, -0.2) is 0 Å². The Kier molecular flexibility index (Phi) is 10.3. The summed E-state index contributed by atoms with van der Waals surface area (Å²) in [5, 5.41) is 0.